The summed E-state index contributed by atoms with van der Waals surface area (Å²) in [6.45, 7) is 4.01. The van der Waals surface area contributed by atoms with E-state index in [1.54, 1.807) is 12.1 Å². The topological polar surface area (TPSA) is 43.4 Å². The van der Waals surface area contributed by atoms with Crippen LogP contribution < -0.4 is 0 Å². The maximum absolute atomic E-state index is 12.7. The number of esters is 1. The molecule has 3 nitrogen and oxygen atoms in total. The molecule has 0 bridgehead atoms. The zero-order valence-electron chi connectivity index (χ0n) is 11.6. The highest BCUT2D eigenvalue weighted by atomic mass is 32.2. The van der Waals surface area contributed by atoms with Gasteiger partial charge in [-0.1, -0.05) is 30.4 Å². The van der Waals surface area contributed by atoms with Gasteiger partial charge in [0.2, 0.25) is 0 Å². The van der Waals surface area contributed by atoms with Crippen molar-refractivity contribution < 1.29 is 13.7 Å². The SMILES string of the molecule is C=C1CCCC/C1=C(\C(=O)OC)S(=O)c1ccccc1. The van der Waals surface area contributed by atoms with Crippen molar-refractivity contribution in [2.75, 3.05) is 7.11 Å². The minimum atomic E-state index is -1.53. The van der Waals surface area contributed by atoms with E-state index in [1.165, 1.54) is 7.11 Å². The smallest absolute Gasteiger partial charge is 0.347 e. The summed E-state index contributed by atoms with van der Waals surface area (Å²) in [7, 11) is -0.209. The fourth-order valence-corrected chi connectivity index (χ4v) is 3.65. The second-order valence-electron chi connectivity index (χ2n) is 4.69. The van der Waals surface area contributed by atoms with E-state index < -0.39 is 16.8 Å². The van der Waals surface area contributed by atoms with Crippen LogP contribution >= 0.6 is 0 Å². The van der Waals surface area contributed by atoms with Crippen LogP contribution in [0.5, 0.6) is 0 Å². The van der Waals surface area contributed by atoms with E-state index in [9.17, 15) is 9.00 Å². The molecule has 20 heavy (non-hydrogen) atoms. The van der Waals surface area contributed by atoms with Crippen molar-refractivity contribution in [2.45, 2.75) is 30.6 Å². The number of hydrogen-bond donors (Lipinski definition) is 0. The van der Waals surface area contributed by atoms with Crippen molar-refractivity contribution in [1.29, 1.82) is 0 Å². The zero-order valence-corrected chi connectivity index (χ0v) is 12.4. The molecule has 0 spiro atoms. The Morgan fingerprint density at radius 1 is 1.20 bits per heavy atom. The average molecular weight is 290 g/mol. The Morgan fingerprint density at radius 3 is 2.45 bits per heavy atom. The minimum absolute atomic E-state index is 0.253. The molecule has 0 saturated heterocycles. The van der Waals surface area contributed by atoms with Crippen molar-refractivity contribution >= 4 is 16.8 Å². The lowest BCUT2D eigenvalue weighted by molar-refractivity contribution is -0.135. The summed E-state index contributed by atoms with van der Waals surface area (Å²) < 4.78 is 17.5. The van der Waals surface area contributed by atoms with Gasteiger partial charge in [-0.05, 0) is 43.4 Å². The molecule has 1 aromatic carbocycles. The second kappa shape index (κ2) is 6.66. The molecule has 0 aromatic heterocycles. The largest absolute Gasteiger partial charge is 0.465 e. The number of ether oxygens (including phenoxy) is 1. The van der Waals surface area contributed by atoms with Crippen molar-refractivity contribution in [3.05, 3.63) is 53.0 Å². The van der Waals surface area contributed by atoms with Gasteiger partial charge in [-0.2, -0.15) is 0 Å². The maximum atomic E-state index is 12.7. The molecular formula is C16H18O3S. The van der Waals surface area contributed by atoms with E-state index in [0.29, 0.717) is 4.90 Å². The number of carbonyl (C=O) groups excluding carboxylic acids is 1. The Morgan fingerprint density at radius 2 is 1.85 bits per heavy atom. The van der Waals surface area contributed by atoms with E-state index in [4.69, 9.17) is 4.74 Å². The first-order valence-corrected chi connectivity index (χ1v) is 7.76. The summed E-state index contributed by atoms with van der Waals surface area (Å²) in [6.07, 6.45) is 3.64. The van der Waals surface area contributed by atoms with Gasteiger partial charge >= 0.3 is 5.97 Å². The van der Waals surface area contributed by atoms with Gasteiger partial charge < -0.3 is 4.74 Å². The fraction of sp³-hybridized carbons (Fsp3) is 0.312. The van der Waals surface area contributed by atoms with Crippen molar-refractivity contribution in [3.63, 3.8) is 0 Å². The van der Waals surface area contributed by atoms with E-state index in [2.05, 4.69) is 6.58 Å². The molecule has 1 aliphatic rings. The minimum Gasteiger partial charge on any atom is -0.465 e. The van der Waals surface area contributed by atoms with Gasteiger partial charge in [0.25, 0.3) is 0 Å². The molecule has 1 fully saturated rings. The molecule has 2 rings (SSSR count). The Labute approximate surface area is 121 Å². The van der Waals surface area contributed by atoms with Crippen molar-refractivity contribution in [3.8, 4) is 0 Å². The van der Waals surface area contributed by atoms with Crippen LogP contribution in [0.3, 0.4) is 0 Å². The summed E-state index contributed by atoms with van der Waals surface area (Å²) in [5, 5.41) is 0. The Bertz CT molecular complexity index is 573. The summed E-state index contributed by atoms with van der Waals surface area (Å²) in [5.74, 6) is -0.523. The van der Waals surface area contributed by atoms with Crippen LogP contribution in [0.1, 0.15) is 25.7 Å². The lowest BCUT2D eigenvalue weighted by Gasteiger charge is -2.20. The predicted octanol–water partition coefficient (Wildman–Crippen LogP) is 3.35. The van der Waals surface area contributed by atoms with Gasteiger partial charge in [0.1, 0.15) is 4.91 Å². The van der Waals surface area contributed by atoms with E-state index in [1.807, 2.05) is 18.2 Å². The molecular weight excluding hydrogens is 272 g/mol. The molecule has 0 heterocycles. The van der Waals surface area contributed by atoms with Gasteiger partial charge in [-0.3, -0.25) is 0 Å². The standard InChI is InChI=1S/C16H18O3S/c1-12-8-6-7-11-14(12)15(16(17)19-2)20(18)13-9-4-3-5-10-13/h3-5,9-10H,1,6-8,11H2,2H3/b15-14-. The van der Waals surface area contributed by atoms with Gasteiger partial charge in [0.15, 0.2) is 0 Å². The van der Waals surface area contributed by atoms with E-state index in [-0.39, 0.29) is 4.91 Å². The van der Waals surface area contributed by atoms with Crippen molar-refractivity contribution in [1.82, 2.24) is 0 Å². The van der Waals surface area contributed by atoms with E-state index in [0.717, 1.165) is 36.8 Å². The molecule has 0 aliphatic heterocycles. The van der Waals surface area contributed by atoms with Gasteiger partial charge in [-0.25, -0.2) is 9.00 Å². The first-order chi connectivity index (χ1) is 9.65. The number of carbonyl (C=O) groups is 1. The first-order valence-electron chi connectivity index (χ1n) is 6.61. The summed E-state index contributed by atoms with van der Waals surface area (Å²) in [5.41, 5.74) is 1.71. The number of rotatable bonds is 3. The molecule has 1 saturated carbocycles. The molecule has 4 heteroatoms. The second-order valence-corrected chi connectivity index (χ2v) is 6.11. The van der Waals surface area contributed by atoms with E-state index >= 15 is 0 Å². The normalized spacial score (nSPS) is 19.4. The van der Waals surface area contributed by atoms with Crippen LogP contribution in [-0.4, -0.2) is 17.3 Å². The lowest BCUT2D eigenvalue weighted by Crippen LogP contribution is -2.15. The third-order valence-electron chi connectivity index (χ3n) is 3.37. The fourth-order valence-electron chi connectivity index (χ4n) is 2.31. The maximum Gasteiger partial charge on any atom is 0.347 e. The Kier molecular flexibility index (Phi) is 4.90. The highest BCUT2D eigenvalue weighted by molar-refractivity contribution is 7.90. The van der Waals surface area contributed by atoms with Crippen LogP contribution in [0.15, 0.2) is 57.9 Å². The third kappa shape index (κ3) is 3.07. The Balaban J connectivity index is 2.48. The molecule has 0 N–H and O–H groups in total. The molecule has 106 valence electrons. The summed E-state index contributed by atoms with van der Waals surface area (Å²) in [4.78, 5) is 12.9. The molecule has 1 unspecified atom stereocenters. The van der Waals surface area contributed by atoms with Crippen LogP contribution in [0, 0.1) is 0 Å². The Hall–Kier alpha value is -1.68. The summed E-state index contributed by atoms with van der Waals surface area (Å²) in [6, 6.07) is 8.98. The molecule has 0 radical (unpaired) electrons. The van der Waals surface area contributed by atoms with Crippen LogP contribution in [0.25, 0.3) is 0 Å². The lowest BCUT2D eigenvalue weighted by atomic mass is 9.90. The van der Waals surface area contributed by atoms with Crippen molar-refractivity contribution in [2.24, 2.45) is 0 Å². The molecule has 1 atom stereocenters. The van der Waals surface area contributed by atoms with Crippen LogP contribution in [0.4, 0.5) is 0 Å². The third-order valence-corrected chi connectivity index (χ3v) is 4.85. The molecule has 1 aromatic rings. The number of benzene rings is 1. The number of hydrogen-bond acceptors (Lipinski definition) is 3. The summed E-state index contributed by atoms with van der Waals surface area (Å²) >= 11 is 0. The monoisotopic (exact) mass is 290 g/mol. The van der Waals surface area contributed by atoms with Crippen LogP contribution in [0.2, 0.25) is 0 Å². The predicted molar refractivity (Wildman–Crippen MR) is 79.5 cm³/mol. The quantitative estimate of drug-likeness (QED) is 0.633. The first kappa shape index (κ1) is 14.7. The van der Waals surface area contributed by atoms with Gasteiger partial charge in [0.05, 0.1) is 17.9 Å². The highest BCUT2D eigenvalue weighted by Gasteiger charge is 2.26. The highest BCUT2D eigenvalue weighted by Crippen LogP contribution is 2.33. The van der Waals surface area contributed by atoms with Gasteiger partial charge in [-0.15, -0.1) is 0 Å². The molecule has 0 amide bonds. The number of allylic oxidation sites excluding steroid dienone is 2. The van der Waals surface area contributed by atoms with Gasteiger partial charge in [0, 0.05) is 4.90 Å². The average Bonchev–Trinajstić information content (AvgIpc) is 2.50. The molecule has 1 aliphatic carbocycles. The zero-order chi connectivity index (χ0) is 14.5. The number of methoxy groups -OCH3 is 1. The van der Waals surface area contributed by atoms with Crippen LogP contribution in [-0.2, 0) is 20.3 Å².